The van der Waals surface area contributed by atoms with Crippen LogP contribution in [-0.4, -0.2) is 24.1 Å². The molecule has 4 heteroatoms. The van der Waals surface area contributed by atoms with Gasteiger partial charge >= 0.3 is 5.97 Å². The molecule has 0 aromatic rings. The van der Waals surface area contributed by atoms with Gasteiger partial charge in [-0.05, 0) is 20.3 Å². The van der Waals surface area contributed by atoms with Gasteiger partial charge in [-0.3, -0.25) is 4.79 Å². The van der Waals surface area contributed by atoms with E-state index in [1.54, 1.807) is 6.92 Å². The number of carbonyl (C=O) groups is 3. The first kappa shape index (κ1) is 13.5. The van der Waals surface area contributed by atoms with Crippen LogP contribution < -0.4 is 0 Å². The first-order valence-corrected chi connectivity index (χ1v) is 4.75. The number of carbonyl (C=O) groups excluding carboxylic acids is 3. The minimum absolute atomic E-state index is 0.380. The topological polar surface area (TPSA) is 60.4 Å². The average molecular weight is 212 g/mol. The number of aldehydes is 1. The van der Waals surface area contributed by atoms with Gasteiger partial charge in [0.2, 0.25) is 0 Å². The van der Waals surface area contributed by atoms with Crippen LogP contribution in [0.5, 0.6) is 0 Å². The van der Waals surface area contributed by atoms with E-state index in [1.165, 1.54) is 13.8 Å². The van der Waals surface area contributed by atoms with Gasteiger partial charge < -0.3 is 9.53 Å². The van der Waals surface area contributed by atoms with Crippen LogP contribution >= 0.6 is 0 Å². The van der Waals surface area contributed by atoms with Crippen LogP contribution in [0.2, 0.25) is 0 Å². The minimum atomic E-state index is -1.08. The molecule has 0 amide bonds. The van der Waals surface area contributed by atoms with Gasteiger partial charge in [-0.1, -0.05) is 13.5 Å². The molecule has 0 spiro atoms. The quantitative estimate of drug-likeness (QED) is 0.288. The van der Waals surface area contributed by atoms with E-state index in [1.807, 2.05) is 0 Å². The predicted octanol–water partition coefficient (Wildman–Crippen LogP) is 1.29. The van der Waals surface area contributed by atoms with Gasteiger partial charge in [-0.2, -0.15) is 0 Å². The summed E-state index contributed by atoms with van der Waals surface area (Å²) >= 11 is 0. The number of rotatable bonds is 6. The van der Waals surface area contributed by atoms with Crippen LogP contribution in [-0.2, 0) is 19.1 Å². The second-order valence-corrected chi connectivity index (χ2v) is 3.54. The highest BCUT2D eigenvalue weighted by Gasteiger charge is 2.35. The zero-order valence-corrected chi connectivity index (χ0v) is 9.28. The Morgan fingerprint density at radius 1 is 1.53 bits per heavy atom. The number of esters is 1. The van der Waals surface area contributed by atoms with Gasteiger partial charge in [0.1, 0.15) is 6.29 Å². The molecule has 15 heavy (non-hydrogen) atoms. The lowest BCUT2D eigenvalue weighted by molar-refractivity contribution is -0.154. The molecular formula is C11H16O4. The third kappa shape index (κ3) is 3.31. The number of hydrogen-bond acceptors (Lipinski definition) is 4. The highest BCUT2D eigenvalue weighted by molar-refractivity contribution is 6.01. The van der Waals surface area contributed by atoms with Gasteiger partial charge in [0, 0.05) is 6.08 Å². The average Bonchev–Trinajstić information content (AvgIpc) is 2.26. The van der Waals surface area contributed by atoms with Crippen LogP contribution in [0.1, 0.15) is 27.2 Å². The van der Waals surface area contributed by atoms with E-state index in [-0.39, 0.29) is 0 Å². The fraction of sp³-hybridized carbons (Fsp3) is 0.545. The molecule has 0 rings (SSSR count). The van der Waals surface area contributed by atoms with Crippen molar-refractivity contribution in [2.24, 2.45) is 5.41 Å². The lowest BCUT2D eigenvalue weighted by Crippen LogP contribution is -2.38. The lowest BCUT2D eigenvalue weighted by Gasteiger charge is -2.22. The molecule has 2 atom stereocenters. The van der Waals surface area contributed by atoms with E-state index < -0.39 is 23.3 Å². The number of ketones is 1. The molecule has 0 radical (unpaired) electrons. The zero-order chi connectivity index (χ0) is 12.1. The summed E-state index contributed by atoms with van der Waals surface area (Å²) in [6.07, 6.45) is 1.03. The Bertz CT molecular complexity index is 282. The third-order valence-corrected chi connectivity index (χ3v) is 2.39. The summed E-state index contributed by atoms with van der Waals surface area (Å²) in [4.78, 5) is 33.4. The first-order chi connectivity index (χ1) is 6.91. The molecule has 0 saturated heterocycles. The molecule has 0 aromatic heterocycles. The molecule has 0 aliphatic carbocycles. The molecule has 0 heterocycles. The van der Waals surface area contributed by atoms with Crippen LogP contribution in [0.15, 0.2) is 12.7 Å². The number of ether oxygens (including phenoxy) is 1. The molecule has 0 aliphatic heterocycles. The van der Waals surface area contributed by atoms with Crippen molar-refractivity contribution >= 4 is 18.0 Å². The van der Waals surface area contributed by atoms with Crippen LogP contribution in [0.25, 0.3) is 0 Å². The summed E-state index contributed by atoms with van der Waals surface area (Å²) in [5, 5.41) is 0. The third-order valence-electron chi connectivity index (χ3n) is 2.39. The van der Waals surface area contributed by atoms with E-state index >= 15 is 0 Å². The molecule has 2 unspecified atom stereocenters. The second-order valence-electron chi connectivity index (χ2n) is 3.54. The van der Waals surface area contributed by atoms with Crippen molar-refractivity contribution in [3.63, 3.8) is 0 Å². The summed E-state index contributed by atoms with van der Waals surface area (Å²) in [5.74, 6) is -1.06. The van der Waals surface area contributed by atoms with Crippen LogP contribution in [0.3, 0.4) is 0 Å². The van der Waals surface area contributed by atoms with Crippen molar-refractivity contribution in [2.45, 2.75) is 33.3 Å². The van der Waals surface area contributed by atoms with Gasteiger partial charge in [-0.15, -0.1) is 0 Å². The van der Waals surface area contributed by atoms with Crippen molar-refractivity contribution in [3.05, 3.63) is 12.7 Å². The van der Waals surface area contributed by atoms with E-state index in [0.717, 1.165) is 6.08 Å². The Morgan fingerprint density at radius 3 is 2.40 bits per heavy atom. The molecule has 0 aliphatic rings. The van der Waals surface area contributed by atoms with Gasteiger partial charge in [-0.25, -0.2) is 4.79 Å². The molecule has 4 nitrogen and oxygen atoms in total. The molecule has 0 N–H and O–H groups in total. The Labute approximate surface area is 89.3 Å². The maximum absolute atomic E-state index is 11.7. The minimum Gasteiger partial charge on any atom is -0.451 e. The van der Waals surface area contributed by atoms with Crippen molar-refractivity contribution in [3.8, 4) is 0 Å². The van der Waals surface area contributed by atoms with E-state index in [4.69, 9.17) is 4.74 Å². The zero-order valence-electron chi connectivity index (χ0n) is 9.28. The normalized spacial score (nSPS) is 15.9. The fourth-order valence-electron chi connectivity index (χ4n) is 1.06. The van der Waals surface area contributed by atoms with Crippen molar-refractivity contribution < 1.29 is 19.1 Å². The molecule has 0 fully saturated rings. The Balaban J connectivity index is 4.62. The smallest absolute Gasteiger partial charge is 0.330 e. The maximum atomic E-state index is 11.7. The molecule has 0 saturated carbocycles. The monoisotopic (exact) mass is 212 g/mol. The Hall–Kier alpha value is -1.45. The summed E-state index contributed by atoms with van der Waals surface area (Å²) in [6, 6.07) is 0. The summed E-state index contributed by atoms with van der Waals surface area (Å²) < 4.78 is 4.75. The van der Waals surface area contributed by atoms with Crippen LogP contribution in [0.4, 0.5) is 0 Å². The van der Waals surface area contributed by atoms with Gasteiger partial charge in [0.05, 0.1) is 5.41 Å². The number of hydrogen-bond donors (Lipinski definition) is 0. The first-order valence-electron chi connectivity index (χ1n) is 4.75. The Morgan fingerprint density at radius 2 is 2.07 bits per heavy atom. The standard InChI is InChI=1S/C11H16O4/c1-5-9(13)15-8(3)10(14)11(4,6-2)7-12/h5,7-8H,1,6H2,2-4H3. The van der Waals surface area contributed by atoms with Crippen molar-refractivity contribution in [1.82, 2.24) is 0 Å². The van der Waals surface area contributed by atoms with Crippen molar-refractivity contribution in [2.75, 3.05) is 0 Å². The lowest BCUT2D eigenvalue weighted by atomic mass is 9.82. The SMILES string of the molecule is C=CC(=O)OC(C)C(=O)C(C)(C=O)CC. The van der Waals surface area contributed by atoms with E-state index in [9.17, 15) is 14.4 Å². The van der Waals surface area contributed by atoms with Crippen molar-refractivity contribution in [1.29, 1.82) is 0 Å². The molecule has 0 bridgehead atoms. The number of Topliss-reactive ketones (excluding diaryl/α,β-unsaturated/α-hetero) is 1. The fourth-order valence-corrected chi connectivity index (χ4v) is 1.06. The molecule has 0 aromatic carbocycles. The summed E-state index contributed by atoms with van der Waals surface area (Å²) in [7, 11) is 0. The molecule has 84 valence electrons. The summed E-state index contributed by atoms with van der Waals surface area (Å²) in [5.41, 5.74) is -1.08. The largest absolute Gasteiger partial charge is 0.451 e. The molecular weight excluding hydrogens is 196 g/mol. The van der Waals surface area contributed by atoms with Gasteiger partial charge in [0.15, 0.2) is 11.9 Å². The predicted molar refractivity (Wildman–Crippen MR) is 55.2 cm³/mol. The Kier molecular flexibility index (Phi) is 4.91. The van der Waals surface area contributed by atoms with E-state index in [2.05, 4.69) is 6.58 Å². The van der Waals surface area contributed by atoms with Gasteiger partial charge in [0.25, 0.3) is 0 Å². The summed E-state index contributed by atoms with van der Waals surface area (Å²) in [6.45, 7) is 7.92. The van der Waals surface area contributed by atoms with Crippen LogP contribution in [0, 0.1) is 5.41 Å². The maximum Gasteiger partial charge on any atom is 0.330 e. The highest BCUT2D eigenvalue weighted by atomic mass is 16.5. The second kappa shape index (κ2) is 5.44. The van der Waals surface area contributed by atoms with E-state index in [0.29, 0.717) is 12.7 Å². The highest BCUT2D eigenvalue weighted by Crippen LogP contribution is 2.22.